The first-order valence-corrected chi connectivity index (χ1v) is 9.32. The van der Waals surface area contributed by atoms with Crippen LogP contribution in [0.25, 0.3) is 11.1 Å². The topological polar surface area (TPSA) is 41.8 Å². The first-order chi connectivity index (χ1) is 12.3. The minimum Gasteiger partial charge on any atom is -0.493 e. The molecule has 0 aromatic heterocycles. The highest BCUT2D eigenvalue weighted by atomic mass is 16.5. The summed E-state index contributed by atoms with van der Waals surface area (Å²) >= 11 is 0. The van der Waals surface area contributed by atoms with Gasteiger partial charge in [-0.15, -0.1) is 0 Å². The van der Waals surface area contributed by atoms with Gasteiger partial charge < -0.3 is 9.94 Å². The summed E-state index contributed by atoms with van der Waals surface area (Å²) < 4.78 is 5.79. The van der Waals surface area contributed by atoms with E-state index < -0.39 is 0 Å². The molecule has 0 aliphatic heterocycles. The number of benzene rings is 2. The highest BCUT2D eigenvalue weighted by molar-refractivity contribution is 5.86. The van der Waals surface area contributed by atoms with Crippen molar-refractivity contribution >= 4 is 6.21 Å². The molecule has 2 aromatic rings. The maximum atomic E-state index is 8.93. The molecule has 0 heterocycles. The van der Waals surface area contributed by atoms with Crippen LogP contribution in [0.1, 0.15) is 57.1 Å². The lowest BCUT2D eigenvalue weighted by atomic mass is 9.99. The van der Waals surface area contributed by atoms with Crippen LogP contribution < -0.4 is 4.74 Å². The second-order valence-corrected chi connectivity index (χ2v) is 6.35. The maximum absolute atomic E-state index is 8.93. The highest BCUT2D eigenvalue weighted by Gasteiger charge is 2.06. The van der Waals surface area contributed by atoms with E-state index in [9.17, 15) is 0 Å². The number of nitrogens with zero attached hydrogens (tertiary/aromatic N) is 1. The van der Waals surface area contributed by atoms with Gasteiger partial charge in [-0.1, -0.05) is 68.6 Å². The second kappa shape index (κ2) is 10.5. The Morgan fingerprint density at radius 1 is 0.920 bits per heavy atom. The van der Waals surface area contributed by atoms with Crippen molar-refractivity contribution < 1.29 is 9.94 Å². The third-order valence-corrected chi connectivity index (χ3v) is 4.32. The summed E-state index contributed by atoms with van der Waals surface area (Å²) in [6.07, 6.45) is 8.45. The minimum absolute atomic E-state index is 0.675. The number of rotatable bonds is 10. The SMILES string of the molecule is CCCCCc1ccc(-c2ccc(OCCCC)c(C=NO)c2)cc1. The lowest BCUT2D eigenvalue weighted by molar-refractivity contribution is 0.307. The fourth-order valence-electron chi connectivity index (χ4n) is 2.79. The van der Waals surface area contributed by atoms with Crippen molar-refractivity contribution in [2.24, 2.45) is 5.16 Å². The Morgan fingerprint density at radius 2 is 1.64 bits per heavy atom. The monoisotopic (exact) mass is 339 g/mol. The van der Waals surface area contributed by atoms with Crippen LogP contribution >= 0.6 is 0 Å². The third-order valence-electron chi connectivity index (χ3n) is 4.32. The molecule has 2 aromatic carbocycles. The number of unbranched alkanes of at least 4 members (excludes halogenated alkanes) is 3. The second-order valence-electron chi connectivity index (χ2n) is 6.35. The summed E-state index contributed by atoms with van der Waals surface area (Å²) in [7, 11) is 0. The van der Waals surface area contributed by atoms with Crippen LogP contribution in [0.2, 0.25) is 0 Å². The number of oxime groups is 1. The summed E-state index contributed by atoms with van der Waals surface area (Å²) in [6.45, 7) is 5.04. The molecule has 1 N–H and O–H groups in total. The summed E-state index contributed by atoms with van der Waals surface area (Å²) in [4.78, 5) is 0. The number of aryl methyl sites for hydroxylation is 1. The predicted octanol–water partition coefficient (Wildman–Crippen LogP) is 6.07. The van der Waals surface area contributed by atoms with Gasteiger partial charge in [0.15, 0.2) is 0 Å². The molecular formula is C22H29NO2. The number of hydrogen-bond donors (Lipinski definition) is 1. The van der Waals surface area contributed by atoms with E-state index in [0.29, 0.717) is 6.61 Å². The van der Waals surface area contributed by atoms with Crippen LogP contribution in [-0.4, -0.2) is 18.0 Å². The average Bonchev–Trinajstić information content (AvgIpc) is 2.64. The molecule has 0 amide bonds. The van der Waals surface area contributed by atoms with Crippen LogP contribution in [0, 0.1) is 0 Å². The standard InChI is InChI=1S/C22H29NO2/c1-3-5-7-8-18-9-11-19(12-10-18)20-13-14-22(25-15-6-4-2)21(16-20)17-23-24/h9-14,16-17,24H,3-8,15H2,1-2H3. The van der Waals surface area contributed by atoms with Gasteiger partial charge in [0.05, 0.1) is 12.8 Å². The van der Waals surface area contributed by atoms with Crippen LogP contribution in [-0.2, 0) is 6.42 Å². The lowest BCUT2D eigenvalue weighted by Gasteiger charge is -2.11. The van der Waals surface area contributed by atoms with Crippen LogP contribution in [0.15, 0.2) is 47.6 Å². The van der Waals surface area contributed by atoms with Gasteiger partial charge in [0, 0.05) is 5.56 Å². The third kappa shape index (κ3) is 5.93. The Hall–Kier alpha value is -2.29. The molecular weight excluding hydrogens is 310 g/mol. The zero-order valence-corrected chi connectivity index (χ0v) is 15.4. The van der Waals surface area contributed by atoms with E-state index in [0.717, 1.165) is 41.7 Å². The first kappa shape index (κ1) is 19.0. The van der Waals surface area contributed by atoms with Crippen molar-refractivity contribution in [2.45, 2.75) is 52.4 Å². The molecule has 0 unspecified atom stereocenters. The summed E-state index contributed by atoms with van der Waals surface area (Å²) in [5, 5.41) is 12.1. The molecule has 0 spiro atoms. The highest BCUT2D eigenvalue weighted by Crippen LogP contribution is 2.26. The largest absolute Gasteiger partial charge is 0.493 e. The Labute approximate surface area is 151 Å². The molecule has 0 saturated heterocycles. The Morgan fingerprint density at radius 3 is 2.32 bits per heavy atom. The van der Waals surface area contributed by atoms with Crippen molar-refractivity contribution in [3.8, 4) is 16.9 Å². The van der Waals surface area contributed by atoms with Gasteiger partial charge in [0.1, 0.15) is 5.75 Å². The molecule has 134 valence electrons. The molecule has 0 fully saturated rings. The zero-order valence-electron chi connectivity index (χ0n) is 15.4. The molecule has 0 aliphatic rings. The van der Waals surface area contributed by atoms with E-state index in [4.69, 9.17) is 9.94 Å². The summed E-state index contributed by atoms with van der Waals surface area (Å²) in [5.41, 5.74) is 4.43. The van der Waals surface area contributed by atoms with Crippen molar-refractivity contribution in [1.82, 2.24) is 0 Å². The van der Waals surface area contributed by atoms with E-state index in [-0.39, 0.29) is 0 Å². The minimum atomic E-state index is 0.675. The van der Waals surface area contributed by atoms with Crippen molar-refractivity contribution in [3.05, 3.63) is 53.6 Å². The molecule has 0 saturated carbocycles. The molecule has 3 nitrogen and oxygen atoms in total. The normalized spacial score (nSPS) is 11.1. The van der Waals surface area contributed by atoms with Gasteiger partial charge in [-0.25, -0.2) is 0 Å². The van der Waals surface area contributed by atoms with Crippen molar-refractivity contribution in [2.75, 3.05) is 6.61 Å². The molecule has 3 heteroatoms. The van der Waals surface area contributed by atoms with E-state index in [1.165, 1.54) is 31.0 Å². The Bertz CT molecular complexity index is 662. The van der Waals surface area contributed by atoms with Gasteiger partial charge in [-0.05, 0) is 48.1 Å². The molecule has 0 atom stereocenters. The van der Waals surface area contributed by atoms with Gasteiger partial charge in [-0.3, -0.25) is 0 Å². The average molecular weight is 339 g/mol. The number of hydrogen-bond acceptors (Lipinski definition) is 3. The van der Waals surface area contributed by atoms with E-state index >= 15 is 0 Å². The Balaban J connectivity index is 2.14. The first-order valence-electron chi connectivity index (χ1n) is 9.32. The zero-order chi connectivity index (χ0) is 17.9. The van der Waals surface area contributed by atoms with Crippen LogP contribution in [0.5, 0.6) is 5.75 Å². The van der Waals surface area contributed by atoms with Crippen molar-refractivity contribution in [3.63, 3.8) is 0 Å². The fourth-order valence-corrected chi connectivity index (χ4v) is 2.79. The predicted molar refractivity (Wildman–Crippen MR) is 105 cm³/mol. The fraction of sp³-hybridized carbons (Fsp3) is 0.409. The molecule has 2 rings (SSSR count). The van der Waals surface area contributed by atoms with Gasteiger partial charge in [-0.2, -0.15) is 0 Å². The quantitative estimate of drug-likeness (QED) is 0.247. The van der Waals surface area contributed by atoms with Gasteiger partial charge >= 0.3 is 0 Å². The Kier molecular flexibility index (Phi) is 8.03. The van der Waals surface area contributed by atoms with Crippen LogP contribution in [0.3, 0.4) is 0 Å². The van der Waals surface area contributed by atoms with Crippen LogP contribution in [0.4, 0.5) is 0 Å². The smallest absolute Gasteiger partial charge is 0.128 e. The van der Waals surface area contributed by atoms with E-state index in [2.05, 4.69) is 49.3 Å². The van der Waals surface area contributed by atoms with Gasteiger partial charge in [0.2, 0.25) is 0 Å². The van der Waals surface area contributed by atoms with Crippen molar-refractivity contribution in [1.29, 1.82) is 0 Å². The van der Waals surface area contributed by atoms with E-state index in [1.807, 2.05) is 12.1 Å². The maximum Gasteiger partial charge on any atom is 0.128 e. The lowest BCUT2D eigenvalue weighted by Crippen LogP contribution is -2.00. The molecule has 0 bridgehead atoms. The molecule has 0 radical (unpaired) electrons. The molecule has 25 heavy (non-hydrogen) atoms. The number of ether oxygens (including phenoxy) is 1. The molecule has 0 aliphatic carbocycles. The summed E-state index contributed by atoms with van der Waals surface area (Å²) in [5.74, 6) is 0.756. The van der Waals surface area contributed by atoms with Gasteiger partial charge in [0.25, 0.3) is 0 Å². The summed E-state index contributed by atoms with van der Waals surface area (Å²) in [6, 6.07) is 14.8. The van der Waals surface area contributed by atoms with E-state index in [1.54, 1.807) is 0 Å².